The smallest absolute Gasteiger partial charge is 0.107 e. The standard InChI is InChI=1S/C30H38N2O4.ClH/c1-3-11-29(12-4-1)27-35-25-23-33-21-9-7-15-31-17-19-32(20-18-31)16-8-10-22-34-24-26-36-28-30-13-5-2-6-14-30;/h1-6,11-14H,15-28H2;1H. The highest BCUT2D eigenvalue weighted by Crippen LogP contribution is 2.02. The van der Waals surface area contributed by atoms with Crippen molar-refractivity contribution in [1.29, 1.82) is 0 Å². The Morgan fingerprint density at radius 3 is 1.30 bits per heavy atom. The van der Waals surface area contributed by atoms with Gasteiger partial charge in [-0.1, -0.05) is 84.3 Å². The number of hydrogen-bond donors (Lipinski definition) is 0. The molecule has 0 N–H and O–H groups in total. The van der Waals surface area contributed by atoms with Gasteiger partial charge in [0.25, 0.3) is 0 Å². The minimum atomic E-state index is 0. The third-order valence-electron chi connectivity index (χ3n) is 5.64. The minimum absolute atomic E-state index is 0. The molecule has 1 heterocycles. The second kappa shape index (κ2) is 20.6. The molecule has 2 aromatic rings. The predicted octanol–water partition coefficient (Wildman–Crippen LogP) is 3.50. The van der Waals surface area contributed by atoms with E-state index in [0.717, 1.165) is 39.3 Å². The van der Waals surface area contributed by atoms with Crippen molar-refractivity contribution in [2.75, 3.05) is 78.9 Å². The van der Waals surface area contributed by atoms with Crippen LogP contribution < -0.4 is 0 Å². The van der Waals surface area contributed by atoms with Gasteiger partial charge in [0.1, 0.15) is 13.2 Å². The van der Waals surface area contributed by atoms with Crippen molar-refractivity contribution in [2.45, 2.75) is 13.2 Å². The minimum Gasteiger partial charge on any atom is -0.374 e. The molecule has 200 valence electrons. The van der Waals surface area contributed by atoms with Gasteiger partial charge < -0.3 is 18.9 Å². The topological polar surface area (TPSA) is 43.4 Å². The van der Waals surface area contributed by atoms with Crippen LogP contribution in [0.4, 0.5) is 0 Å². The van der Waals surface area contributed by atoms with Crippen LogP contribution in [0.15, 0.2) is 60.7 Å². The fourth-order valence-electron chi connectivity index (χ4n) is 3.55. The maximum absolute atomic E-state index is 5.60. The Morgan fingerprint density at radius 2 is 0.892 bits per heavy atom. The van der Waals surface area contributed by atoms with Crippen molar-refractivity contribution in [3.8, 4) is 23.7 Å². The van der Waals surface area contributed by atoms with E-state index >= 15 is 0 Å². The lowest BCUT2D eigenvalue weighted by Gasteiger charge is -2.32. The van der Waals surface area contributed by atoms with Crippen LogP contribution in [0.2, 0.25) is 0 Å². The molecule has 0 bridgehead atoms. The van der Waals surface area contributed by atoms with E-state index in [1.54, 1.807) is 0 Å². The Kier molecular flexibility index (Phi) is 17.2. The normalized spacial score (nSPS) is 13.6. The van der Waals surface area contributed by atoms with Gasteiger partial charge in [-0.25, -0.2) is 0 Å². The molecule has 1 aliphatic heterocycles. The van der Waals surface area contributed by atoms with Crippen molar-refractivity contribution in [1.82, 2.24) is 9.80 Å². The van der Waals surface area contributed by atoms with Gasteiger partial charge in [-0.2, -0.15) is 0 Å². The van der Waals surface area contributed by atoms with Crippen molar-refractivity contribution in [3.05, 3.63) is 71.8 Å². The molecule has 0 amide bonds. The van der Waals surface area contributed by atoms with Gasteiger partial charge in [0, 0.05) is 26.2 Å². The average molecular weight is 527 g/mol. The SMILES string of the molecule is C(#CCN1CCN(CC#CCOCCOCc2ccccc2)CC1)COCCOCc1ccccc1.Cl. The van der Waals surface area contributed by atoms with Crippen LogP contribution in [0.1, 0.15) is 11.1 Å². The number of ether oxygens (including phenoxy) is 4. The molecule has 0 radical (unpaired) electrons. The lowest BCUT2D eigenvalue weighted by atomic mass is 10.2. The van der Waals surface area contributed by atoms with Gasteiger partial charge in [0.2, 0.25) is 0 Å². The molecular weight excluding hydrogens is 488 g/mol. The molecule has 0 aromatic heterocycles. The van der Waals surface area contributed by atoms with Crippen LogP contribution in [-0.2, 0) is 32.2 Å². The summed E-state index contributed by atoms with van der Waals surface area (Å²) in [5, 5.41) is 0. The van der Waals surface area contributed by atoms with E-state index in [1.807, 2.05) is 36.4 Å². The predicted molar refractivity (Wildman–Crippen MR) is 150 cm³/mol. The third kappa shape index (κ3) is 14.8. The first-order chi connectivity index (χ1) is 17.9. The Balaban J connectivity index is 0.00000481. The molecule has 0 spiro atoms. The summed E-state index contributed by atoms with van der Waals surface area (Å²) in [6.07, 6.45) is 0. The number of hydrogen-bond acceptors (Lipinski definition) is 6. The number of piperazine rings is 1. The zero-order valence-electron chi connectivity index (χ0n) is 21.6. The van der Waals surface area contributed by atoms with E-state index < -0.39 is 0 Å². The summed E-state index contributed by atoms with van der Waals surface area (Å²) in [6.45, 7) is 10.0. The molecule has 1 aliphatic rings. The van der Waals surface area contributed by atoms with E-state index in [9.17, 15) is 0 Å². The Hall–Kier alpha value is -2.39. The third-order valence-corrected chi connectivity index (χ3v) is 5.64. The highest BCUT2D eigenvalue weighted by Gasteiger charge is 2.14. The first-order valence-electron chi connectivity index (χ1n) is 12.6. The first kappa shape index (κ1) is 30.8. The summed E-state index contributed by atoms with van der Waals surface area (Å²) >= 11 is 0. The van der Waals surface area contributed by atoms with Crippen molar-refractivity contribution >= 4 is 12.4 Å². The highest BCUT2D eigenvalue weighted by molar-refractivity contribution is 5.85. The van der Waals surface area contributed by atoms with E-state index in [0.29, 0.717) is 52.9 Å². The average Bonchev–Trinajstić information content (AvgIpc) is 2.93. The van der Waals surface area contributed by atoms with Crippen LogP contribution in [0, 0.1) is 23.7 Å². The van der Waals surface area contributed by atoms with E-state index in [2.05, 4.69) is 57.7 Å². The molecule has 1 fully saturated rings. The molecule has 7 heteroatoms. The Labute approximate surface area is 228 Å². The molecular formula is C30H39ClN2O4. The molecule has 0 saturated carbocycles. The quantitative estimate of drug-likeness (QED) is 0.277. The van der Waals surface area contributed by atoms with Gasteiger partial charge >= 0.3 is 0 Å². The molecule has 0 atom stereocenters. The monoisotopic (exact) mass is 526 g/mol. The van der Waals surface area contributed by atoms with E-state index in [4.69, 9.17) is 18.9 Å². The maximum Gasteiger partial charge on any atom is 0.107 e. The largest absolute Gasteiger partial charge is 0.374 e. The van der Waals surface area contributed by atoms with Crippen LogP contribution in [0.25, 0.3) is 0 Å². The maximum atomic E-state index is 5.60. The van der Waals surface area contributed by atoms with Gasteiger partial charge in [-0.15, -0.1) is 12.4 Å². The van der Waals surface area contributed by atoms with Crippen molar-refractivity contribution in [2.24, 2.45) is 0 Å². The molecule has 6 nitrogen and oxygen atoms in total. The van der Waals surface area contributed by atoms with Crippen LogP contribution in [0.3, 0.4) is 0 Å². The molecule has 2 aromatic carbocycles. The molecule has 1 saturated heterocycles. The number of halogens is 1. The number of benzene rings is 2. The Bertz CT molecular complexity index is 866. The lowest BCUT2D eigenvalue weighted by Crippen LogP contribution is -2.46. The second-order valence-corrected chi connectivity index (χ2v) is 8.44. The molecule has 37 heavy (non-hydrogen) atoms. The fourth-order valence-corrected chi connectivity index (χ4v) is 3.55. The summed E-state index contributed by atoms with van der Waals surface area (Å²) < 4.78 is 22.3. The molecule has 0 aliphatic carbocycles. The highest BCUT2D eigenvalue weighted by atomic mass is 35.5. The second-order valence-electron chi connectivity index (χ2n) is 8.44. The van der Waals surface area contributed by atoms with Crippen molar-refractivity contribution < 1.29 is 18.9 Å². The molecule has 3 rings (SSSR count). The van der Waals surface area contributed by atoms with E-state index in [1.165, 1.54) is 11.1 Å². The van der Waals surface area contributed by atoms with Gasteiger partial charge in [-0.3, -0.25) is 9.80 Å². The first-order valence-corrected chi connectivity index (χ1v) is 12.6. The zero-order chi connectivity index (χ0) is 24.9. The summed E-state index contributed by atoms with van der Waals surface area (Å²) in [6, 6.07) is 20.3. The summed E-state index contributed by atoms with van der Waals surface area (Å²) in [7, 11) is 0. The summed E-state index contributed by atoms with van der Waals surface area (Å²) in [5.41, 5.74) is 2.35. The van der Waals surface area contributed by atoms with Gasteiger partial charge in [0.15, 0.2) is 0 Å². The number of rotatable bonds is 14. The summed E-state index contributed by atoms with van der Waals surface area (Å²) in [5.74, 6) is 12.6. The van der Waals surface area contributed by atoms with Gasteiger partial charge in [0.05, 0.1) is 52.7 Å². The van der Waals surface area contributed by atoms with Gasteiger partial charge in [-0.05, 0) is 11.1 Å². The number of nitrogens with zero attached hydrogens (tertiary/aromatic N) is 2. The summed E-state index contributed by atoms with van der Waals surface area (Å²) in [4.78, 5) is 4.75. The van der Waals surface area contributed by atoms with Crippen LogP contribution in [0.5, 0.6) is 0 Å². The molecule has 0 unspecified atom stereocenters. The van der Waals surface area contributed by atoms with Crippen LogP contribution in [-0.4, -0.2) is 88.7 Å². The van der Waals surface area contributed by atoms with Crippen LogP contribution >= 0.6 is 12.4 Å². The Morgan fingerprint density at radius 1 is 0.514 bits per heavy atom. The zero-order valence-corrected chi connectivity index (χ0v) is 22.4. The fraction of sp³-hybridized carbons (Fsp3) is 0.467. The lowest BCUT2D eigenvalue weighted by molar-refractivity contribution is 0.0519. The van der Waals surface area contributed by atoms with Crippen molar-refractivity contribution in [3.63, 3.8) is 0 Å². The van der Waals surface area contributed by atoms with E-state index in [-0.39, 0.29) is 12.4 Å².